The number of aryl methyl sites for hydroxylation is 1. The van der Waals surface area contributed by atoms with Crippen LogP contribution in [0.4, 0.5) is 0 Å². The number of hydrogen-bond donors (Lipinski definition) is 0. The maximum Gasteiger partial charge on any atom is 0.333 e. The molecule has 0 aliphatic rings. The molecule has 204 valence electrons. The van der Waals surface area contributed by atoms with E-state index >= 15 is 0 Å². The van der Waals surface area contributed by atoms with Gasteiger partial charge in [-0.15, -0.1) is 0 Å². The Kier molecular flexibility index (Phi) is 10.7. The average Bonchev–Trinajstić information content (AvgIpc) is 3.02. The Bertz CT molecular complexity index is 1330. The predicted octanol–water partition coefficient (Wildman–Crippen LogP) is 7.05. The standard InChI is InChI=1S/C35H35NO4/c1-39-34(37)24-27-40-33-22-12-11-18-30(33)21-13-25-36(35(38)31-19-9-4-10-20-31)26-23-32(28-14-5-2-6-15-28)29-16-7-3-8-17-29/h2-12,14-20,22,24,27,32H,13,21,23,25-26H2,1H3/b27-24+. The molecule has 1 amide bonds. The van der Waals surface area contributed by atoms with Crippen molar-refractivity contribution in [2.75, 3.05) is 20.2 Å². The second kappa shape index (κ2) is 15.1. The number of para-hydroxylation sites is 1. The average molecular weight is 534 g/mol. The minimum Gasteiger partial charge on any atom is -0.466 e. The van der Waals surface area contributed by atoms with Crippen molar-refractivity contribution >= 4 is 11.9 Å². The Morgan fingerprint density at radius 1 is 0.750 bits per heavy atom. The van der Waals surface area contributed by atoms with Crippen LogP contribution < -0.4 is 4.74 Å². The first-order valence-corrected chi connectivity index (χ1v) is 13.6. The Hall–Kier alpha value is -4.64. The zero-order chi connectivity index (χ0) is 28.0. The van der Waals surface area contributed by atoms with Gasteiger partial charge in [0.05, 0.1) is 19.4 Å². The SMILES string of the molecule is COC(=O)/C=C/Oc1ccccc1CCCN(CCC(c1ccccc1)c1ccccc1)C(=O)c1ccccc1. The molecule has 0 fully saturated rings. The molecule has 4 aromatic carbocycles. The third-order valence-corrected chi connectivity index (χ3v) is 6.85. The quantitative estimate of drug-likeness (QED) is 0.105. The Morgan fingerprint density at radius 2 is 1.32 bits per heavy atom. The lowest BCUT2D eigenvalue weighted by atomic mass is 9.88. The monoisotopic (exact) mass is 533 g/mol. The summed E-state index contributed by atoms with van der Waals surface area (Å²) in [5.74, 6) is 0.420. The summed E-state index contributed by atoms with van der Waals surface area (Å²) >= 11 is 0. The number of methoxy groups -OCH3 is 1. The molecule has 0 heterocycles. The van der Waals surface area contributed by atoms with Crippen LogP contribution in [0, 0.1) is 0 Å². The molecule has 4 rings (SSSR count). The lowest BCUT2D eigenvalue weighted by molar-refractivity contribution is -0.134. The second-order valence-electron chi connectivity index (χ2n) is 9.48. The number of rotatable bonds is 13. The normalized spacial score (nSPS) is 10.9. The molecule has 5 nitrogen and oxygen atoms in total. The fourth-order valence-electron chi connectivity index (χ4n) is 4.78. The van der Waals surface area contributed by atoms with Crippen LogP contribution in [0.1, 0.15) is 45.8 Å². The Labute approximate surface area is 236 Å². The molecule has 0 aliphatic heterocycles. The van der Waals surface area contributed by atoms with Gasteiger partial charge in [-0.05, 0) is 54.2 Å². The lowest BCUT2D eigenvalue weighted by Crippen LogP contribution is -2.34. The molecule has 0 aliphatic carbocycles. The van der Waals surface area contributed by atoms with Crippen molar-refractivity contribution in [3.63, 3.8) is 0 Å². The second-order valence-corrected chi connectivity index (χ2v) is 9.48. The number of amides is 1. The van der Waals surface area contributed by atoms with Crippen molar-refractivity contribution in [1.29, 1.82) is 0 Å². The summed E-state index contributed by atoms with van der Waals surface area (Å²) in [5, 5.41) is 0. The van der Waals surface area contributed by atoms with E-state index in [0.717, 1.165) is 24.8 Å². The molecule has 0 aromatic heterocycles. The molecule has 0 bridgehead atoms. The van der Waals surface area contributed by atoms with E-state index in [1.807, 2.05) is 71.6 Å². The molecular formula is C35H35NO4. The van der Waals surface area contributed by atoms with Gasteiger partial charge in [-0.3, -0.25) is 4.79 Å². The van der Waals surface area contributed by atoms with Crippen LogP contribution in [0.3, 0.4) is 0 Å². The van der Waals surface area contributed by atoms with Gasteiger partial charge in [0.25, 0.3) is 5.91 Å². The van der Waals surface area contributed by atoms with Gasteiger partial charge in [0.2, 0.25) is 0 Å². The van der Waals surface area contributed by atoms with Gasteiger partial charge >= 0.3 is 5.97 Å². The van der Waals surface area contributed by atoms with Gasteiger partial charge in [0, 0.05) is 24.6 Å². The highest BCUT2D eigenvalue weighted by Crippen LogP contribution is 2.28. The molecule has 0 atom stereocenters. The highest BCUT2D eigenvalue weighted by molar-refractivity contribution is 5.94. The van der Waals surface area contributed by atoms with Crippen molar-refractivity contribution in [3.05, 3.63) is 150 Å². The van der Waals surface area contributed by atoms with Crippen LogP contribution in [0.25, 0.3) is 0 Å². The van der Waals surface area contributed by atoms with Crippen molar-refractivity contribution in [3.8, 4) is 5.75 Å². The van der Waals surface area contributed by atoms with E-state index in [1.165, 1.54) is 30.6 Å². The maximum atomic E-state index is 13.6. The Balaban J connectivity index is 1.48. The van der Waals surface area contributed by atoms with Gasteiger partial charge in [-0.1, -0.05) is 97.1 Å². The fourth-order valence-corrected chi connectivity index (χ4v) is 4.78. The summed E-state index contributed by atoms with van der Waals surface area (Å²) in [4.78, 5) is 27.0. The third kappa shape index (κ3) is 8.18. The molecule has 40 heavy (non-hydrogen) atoms. The molecule has 0 unspecified atom stereocenters. The van der Waals surface area contributed by atoms with Crippen LogP contribution >= 0.6 is 0 Å². The molecule has 5 heteroatoms. The summed E-state index contributed by atoms with van der Waals surface area (Å²) in [6, 6.07) is 38.2. The van der Waals surface area contributed by atoms with E-state index in [2.05, 4.69) is 53.3 Å². The van der Waals surface area contributed by atoms with Crippen molar-refractivity contribution < 1.29 is 19.1 Å². The van der Waals surface area contributed by atoms with E-state index in [4.69, 9.17) is 4.74 Å². The Morgan fingerprint density at radius 3 is 1.95 bits per heavy atom. The fraction of sp³-hybridized carbons (Fsp3) is 0.200. The lowest BCUT2D eigenvalue weighted by Gasteiger charge is -2.26. The van der Waals surface area contributed by atoms with E-state index in [1.54, 1.807) is 0 Å². The number of ether oxygens (including phenoxy) is 2. The van der Waals surface area contributed by atoms with E-state index in [0.29, 0.717) is 24.4 Å². The number of hydrogen-bond acceptors (Lipinski definition) is 4. The molecule has 0 N–H and O–H groups in total. The van der Waals surface area contributed by atoms with Gasteiger partial charge in [-0.2, -0.15) is 0 Å². The van der Waals surface area contributed by atoms with E-state index < -0.39 is 5.97 Å². The first-order chi connectivity index (χ1) is 19.7. The molecule has 0 spiro atoms. The topological polar surface area (TPSA) is 55.8 Å². The van der Waals surface area contributed by atoms with Crippen molar-refractivity contribution in [1.82, 2.24) is 4.90 Å². The summed E-state index contributed by atoms with van der Waals surface area (Å²) in [5.41, 5.74) is 4.18. The first kappa shape index (κ1) is 28.4. The van der Waals surface area contributed by atoms with Gasteiger partial charge in [0.15, 0.2) is 0 Å². The first-order valence-electron chi connectivity index (χ1n) is 13.6. The molecular weight excluding hydrogens is 498 g/mol. The highest BCUT2D eigenvalue weighted by Gasteiger charge is 2.20. The minimum absolute atomic E-state index is 0.0334. The van der Waals surface area contributed by atoms with Gasteiger partial charge < -0.3 is 14.4 Å². The maximum absolute atomic E-state index is 13.6. The third-order valence-electron chi connectivity index (χ3n) is 6.85. The van der Waals surface area contributed by atoms with Crippen LogP contribution in [0.2, 0.25) is 0 Å². The summed E-state index contributed by atoms with van der Waals surface area (Å²) in [6.45, 7) is 1.23. The summed E-state index contributed by atoms with van der Waals surface area (Å²) in [6.07, 6.45) is 4.88. The summed E-state index contributed by atoms with van der Waals surface area (Å²) < 4.78 is 10.3. The molecule has 4 aromatic rings. The van der Waals surface area contributed by atoms with Crippen LogP contribution in [-0.2, 0) is 16.0 Å². The minimum atomic E-state index is -0.475. The largest absolute Gasteiger partial charge is 0.466 e. The van der Waals surface area contributed by atoms with E-state index in [9.17, 15) is 9.59 Å². The van der Waals surface area contributed by atoms with Crippen molar-refractivity contribution in [2.24, 2.45) is 0 Å². The smallest absolute Gasteiger partial charge is 0.333 e. The molecule has 0 saturated carbocycles. The van der Waals surface area contributed by atoms with Gasteiger partial charge in [0.1, 0.15) is 5.75 Å². The number of benzene rings is 4. The van der Waals surface area contributed by atoms with Crippen LogP contribution in [0.5, 0.6) is 5.75 Å². The van der Waals surface area contributed by atoms with Crippen LogP contribution in [0.15, 0.2) is 128 Å². The zero-order valence-electron chi connectivity index (χ0n) is 22.8. The zero-order valence-corrected chi connectivity index (χ0v) is 22.8. The molecule has 0 saturated heterocycles. The number of carbonyl (C=O) groups excluding carboxylic acids is 2. The molecule has 0 radical (unpaired) electrons. The highest BCUT2D eigenvalue weighted by atomic mass is 16.5. The number of carbonyl (C=O) groups is 2. The van der Waals surface area contributed by atoms with E-state index in [-0.39, 0.29) is 11.8 Å². The predicted molar refractivity (Wildman–Crippen MR) is 158 cm³/mol. The van der Waals surface area contributed by atoms with Gasteiger partial charge in [-0.25, -0.2) is 4.79 Å². The van der Waals surface area contributed by atoms with Crippen LogP contribution in [-0.4, -0.2) is 37.0 Å². The number of esters is 1. The summed E-state index contributed by atoms with van der Waals surface area (Å²) in [7, 11) is 1.32. The van der Waals surface area contributed by atoms with Crippen molar-refractivity contribution in [2.45, 2.75) is 25.2 Å². The number of nitrogens with zero attached hydrogens (tertiary/aromatic N) is 1.